The summed E-state index contributed by atoms with van der Waals surface area (Å²) in [5.41, 5.74) is 0.146. The highest BCUT2D eigenvalue weighted by molar-refractivity contribution is 7.90. The van der Waals surface area contributed by atoms with E-state index in [1.165, 1.54) is 12.1 Å². The van der Waals surface area contributed by atoms with Crippen molar-refractivity contribution in [1.82, 2.24) is 4.72 Å². The van der Waals surface area contributed by atoms with E-state index in [4.69, 9.17) is 34.8 Å². The Morgan fingerprint density at radius 1 is 1.19 bits per heavy atom. The van der Waals surface area contributed by atoms with Crippen LogP contribution in [0.2, 0.25) is 10.0 Å². The lowest BCUT2D eigenvalue weighted by molar-refractivity contribution is 0.589. The molecular weight excluding hydrogens is 295 g/mol. The number of nitrogens with one attached hydrogen (secondary N) is 2. The number of hydrogen-bond donors (Lipinski definition) is 2. The van der Waals surface area contributed by atoms with Crippen LogP contribution in [0, 0.1) is 0 Å². The molecule has 0 aromatic heterocycles. The van der Waals surface area contributed by atoms with Gasteiger partial charge in [-0.3, -0.25) is 4.72 Å². The minimum Gasteiger partial charge on any atom is -0.268 e. The van der Waals surface area contributed by atoms with Gasteiger partial charge in [0.1, 0.15) is 0 Å². The number of alkyl halides is 1. The fourth-order valence-electron chi connectivity index (χ4n) is 0.939. The second-order valence-corrected chi connectivity index (χ2v) is 5.48. The number of anilines is 1. The van der Waals surface area contributed by atoms with Crippen LogP contribution in [0.15, 0.2) is 18.2 Å². The maximum Gasteiger partial charge on any atom is 0.299 e. The second-order valence-electron chi connectivity index (χ2n) is 2.79. The van der Waals surface area contributed by atoms with Crippen LogP contribution in [0.25, 0.3) is 0 Å². The van der Waals surface area contributed by atoms with Gasteiger partial charge in [-0.15, -0.1) is 11.6 Å². The summed E-state index contributed by atoms with van der Waals surface area (Å²) in [4.78, 5) is 0. The summed E-state index contributed by atoms with van der Waals surface area (Å²) in [5.74, 6) is 0.178. The van der Waals surface area contributed by atoms with Gasteiger partial charge in [0.05, 0.1) is 15.7 Å². The standard InChI is InChI=1S/C8H9Cl3N2O2S/c9-4-5-12-16(14,15)13-8-6(10)2-1-3-7(8)11/h1-3,12-13H,4-5H2. The first-order valence-corrected chi connectivity index (χ1v) is 7.01. The predicted molar refractivity (Wildman–Crippen MR) is 67.7 cm³/mol. The Morgan fingerprint density at radius 2 is 1.75 bits per heavy atom. The van der Waals surface area contributed by atoms with Crippen LogP contribution < -0.4 is 9.44 Å². The molecule has 0 aliphatic carbocycles. The molecule has 0 radical (unpaired) electrons. The zero-order valence-corrected chi connectivity index (χ0v) is 11.1. The van der Waals surface area contributed by atoms with Crippen molar-refractivity contribution in [1.29, 1.82) is 0 Å². The molecule has 0 fully saturated rings. The van der Waals surface area contributed by atoms with Crippen LogP contribution in [-0.2, 0) is 10.2 Å². The minimum absolute atomic E-state index is 0.124. The van der Waals surface area contributed by atoms with E-state index in [0.29, 0.717) is 0 Å². The van der Waals surface area contributed by atoms with E-state index in [1.54, 1.807) is 6.07 Å². The normalized spacial score (nSPS) is 11.4. The van der Waals surface area contributed by atoms with Crippen LogP contribution >= 0.6 is 34.8 Å². The smallest absolute Gasteiger partial charge is 0.268 e. The molecule has 0 bridgehead atoms. The first-order valence-electron chi connectivity index (χ1n) is 4.23. The van der Waals surface area contributed by atoms with Crippen molar-refractivity contribution in [3.63, 3.8) is 0 Å². The molecule has 0 heterocycles. The van der Waals surface area contributed by atoms with E-state index < -0.39 is 10.2 Å². The van der Waals surface area contributed by atoms with Crippen LogP contribution in [0.1, 0.15) is 0 Å². The first kappa shape index (κ1) is 13.9. The van der Waals surface area contributed by atoms with Gasteiger partial charge in [0.2, 0.25) is 0 Å². The van der Waals surface area contributed by atoms with Crippen molar-refractivity contribution in [2.24, 2.45) is 0 Å². The van der Waals surface area contributed by atoms with Crippen molar-refractivity contribution in [3.8, 4) is 0 Å². The van der Waals surface area contributed by atoms with E-state index in [2.05, 4.69) is 9.44 Å². The molecule has 1 aromatic carbocycles. The van der Waals surface area contributed by atoms with Gasteiger partial charge in [-0.25, -0.2) is 0 Å². The Labute approximate surface area is 109 Å². The summed E-state index contributed by atoms with van der Waals surface area (Å²) in [6, 6.07) is 4.69. The van der Waals surface area contributed by atoms with Crippen molar-refractivity contribution in [2.75, 3.05) is 17.1 Å². The zero-order valence-electron chi connectivity index (χ0n) is 8.00. The van der Waals surface area contributed by atoms with Gasteiger partial charge >= 0.3 is 0 Å². The molecule has 2 N–H and O–H groups in total. The number of benzene rings is 1. The van der Waals surface area contributed by atoms with Crippen molar-refractivity contribution >= 4 is 50.7 Å². The molecule has 0 atom stereocenters. The van der Waals surface area contributed by atoms with E-state index in [0.717, 1.165) is 0 Å². The number of halogens is 3. The van der Waals surface area contributed by atoms with Gasteiger partial charge in [0.15, 0.2) is 0 Å². The summed E-state index contributed by atoms with van der Waals surface area (Å²) < 4.78 is 27.4. The maximum absolute atomic E-state index is 11.5. The van der Waals surface area contributed by atoms with E-state index >= 15 is 0 Å². The number of para-hydroxylation sites is 1. The second kappa shape index (κ2) is 5.93. The van der Waals surface area contributed by atoms with Gasteiger partial charge in [-0.2, -0.15) is 13.1 Å². The van der Waals surface area contributed by atoms with Crippen LogP contribution in [0.5, 0.6) is 0 Å². The number of rotatable bonds is 5. The lowest BCUT2D eigenvalue weighted by Crippen LogP contribution is -2.31. The SMILES string of the molecule is O=S(=O)(NCCCl)Nc1c(Cl)cccc1Cl. The van der Waals surface area contributed by atoms with Gasteiger partial charge in [-0.1, -0.05) is 29.3 Å². The molecule has 0 spiro atoms. The molecule has 0 saturated heterocycles. The molecule has 0 saturated carbocycles. The molecule has 90 valence electrons. The molecule has 1 aromatic rings. The molecule has 1 rings (SSSR count). The van der Waals surface area contributed by atoms with Gasteiger partial charge < -0.3 is 0 Å². The Hall–Kier alpha value is -0.200. The van der Waals surface area contributed by atoms with Crippen LogP contribution in [0.4, 0.5) is 5.69 Å². The van der Waals surface area contributed by atoms with Crippen LogP contribution in [-0.4, -0.2) is 20.8 Å². The average Bonchev–Trinajstić information content (AvgIpc) is 2.21. The fourth-order valence-corrected chi connectivity index (χ4v) is 2.68. The monoisotopic (exact) mass is 302 g/mol. The van der Waals surface area contributed by atoms with Crippen molar-refractivity contribution < 1.29 is 8.42 Å². The van der Waals surface area contributed by atoms with Gasteiger partial charge in [0, 0.05) is 12.4 Å². The summed E-state index contributed by atoms with van der Waals surface area (Å²) >= 11 is 17.0. The molecule has 0 amide bonds. The first-order chi connectivity index (χ1) is 7.46. The Bertz CT molecular complexity index is 444. The summed E-state index contributed by atoms with van der Waals surface area (Å²) in [5, 5.41) is 0.451. The Morgan fingerprint density at radius 3 is 2.25 bits per heavy atom. The highest BCUT2D eigenvalue weighted by atomic mass is 35.5. The summed E-state index contributed by atoms with van der Waals surface area (Å²) in [6.07, 6.45) is 0. The third kappa shape index (κ3) is 3.99. The third-order valence-corrected chi connectivity index (χ3v) is 3.46. The molecule has 0 aliphatic rings. The van der Waals surface area contributed by atoms with E-state index in [-0.39, 0.29) is 28.2 Å². The minimum atomic E-state index is -3.70. The number of hydrogen-bond acceptors (Lipinski definition) is 2. The summed E-state index contributed by atoms with van der Waals surface area (Å²) in [7, 11) is -3.70. The maximum atomic E-state index is 11.5. The molecule has 4 nitrogen and oxygen atoms in total. The largest absolute Gasteiger partial charge is 0.299 e. The van der Waals surface area contributed by atoms with Crippen molar-refractivity contribution in [2.45, 2.75) is 0 Å². The van der Waals surface area contributed by atoms with Gasteiger partial charge in [0.25, 0.3) is 10.2 Å². The molecule has 8 heteroatoms. The van der Waals surface area contributed by atoms with Crippen LogP contribution in [0.3, 0.4) is 0 Å². The molecule has 0 aliphatic heterocycles. The average molecular weight is 304 g/mol. The molecule has 0 unspecified atom stereocenters. The predicted octanol–water partition coefficient (Wildman–Crippen LogP) is 2.48. The topological polar surface area (TPSA) is 58.2 Å². The highest BCUT2D eigenvalue weighted by Crippen LogP contribution is 2.30. The third-order valence-electron chi connectivity index (χ3n) is 1.59. The Balaban J connectivity index is 2.88. The highest BCUT2D eigenvalue weighted by Gasteiger charge is 2.13. The van der Waals surface area contributed by atoms with E-state index in [1.807, 2.05) is 0 Å². The fraction of sp³-hybridized carbons (Fsp3) is 0.250. The van der Waals surface area contributed by atoms with Gasteiger partial charge in [-0.05, 0) is 12.1 Å². The summed E-state index contributed by atoms with van der Waals surface area (Å²) in [6.45, 7) is 0.124. The quantitative estimate of drug-likeness (QED) is 0.821. The molecule has 16 heavy (non-hydrogen) atoms. The van der Waals surface area contributed by atoms with Crippen molar-refractivity contribution in [3.05, 3.63) is 28.2 Å². The molecular formula is C8H9Cl3N2O2S. The Kier molecular flexibility index (Phi) is 5.14. The lowest BCUT2D eigenvalue weighted by Gasteiger charge is -2.11. The lowest BCUT2D eigenvalue weighted by atomic mass is 10.3. The zero-order chi connectivity index (χ0) is 12.2. The van der Waals surface area contributed by atoms with E-state index in [9.17, 15) is 8.42 Å².